The van der Waals surface area contributed by atoms with Gasteiger partial charge in [0.1, 0.15) is 11.4 Å². The lowest BCUT2D eigenvalue weighted by atomic mass is 9.93. The third kappa shape index (κ3) is 3.67. The molecule has 30 heavy (non-hydrogen) atoms. The maximum atomic E-state index is 13.4. The number of thiophene rings is 1. The summed E-state index contributed by atoms with van der Waals surface area (Å²) in [7, 11) is 0. The summed E-state index contributed by atoms with van der Waals surface area (Å²) in [6, 6.07) is 7.76. The van der Waals surface area contributed by atoms with E-state index >= 15 is 0 Å². The number of ether oxygens (including phenoxy) is 2. The third-order valence-electron chi connectivity index (χ3n) is 5.88. The summed E-state index contributed by atoms with van der Waals surface area (Å²) in [5, 5.41) is 2.41. The van der Waals surface area contributed by atoms with Crippen molar-refractivity contribution >= 4 is 27.5 Å². The van der Waals surface area contributed by atoms with E-state index in [-0.39, 0.29) is 30.8 Å². The zero-order valence-corrected chi connectivity index (χ0v) is 17.4. The van der Waals surface area contributed by atoms with Crippen LogP contribution in [0.5, 0.6) is 11.5 Å². The molecule has 8 heteroatoms. The van der Waals surface area contributed by atoms with Crippen molar-refractivity contribution in [3.63, 3.8) is 0 Å². The number of amides is 1. The van der Waals surface area contributed by atoms with Crippen LogP contribution in [0.1, 0.15) is 37.7 Å². The molecule has 1 aliphatic carbocycles. The molecule has 0 saturated heterocycles. The fourth-order valence-corrected chi connectivity index (χ4v) is 5.02. The fourth-order valence-electron chi connectivity index (χ4n) is 4.29. The van der Waals surface area contributed by atoms with Gasteiger partial charge in [-0.3, -0.25) is 14.2 Å². The topological polar surface area (TPSA) is 73.7 Å². The molecule has 1 fully saturated rings. The Morgan fingerprint density at radius 1 is 1.17 bits per heavy atom. The smallest absolute Gasteiger partial charge is 0.262 e. The van der Waals surface area contributed by atoms with Gasteiger partial charge in [0.2, 0.25) is 12.7 Å². The van der Waals surface area contributed by atoms with Crippen LogP contribution in [0.4, 0.5) is 0 Å². The van der Waals surface area contributed by atoms with Crippen LogP contribution in [0, 0.1) is 0 Å². The molecule has 1 aliphatic heterocycles. The van der Waals surface area contributed by atoms with Crippen LogP contribution in [-0.2, 0) is 17.9 Å². The molecule has 1 aromatic carbocycles. The van der Waals surface area contributed by atoms with E-state index in [0.717, 1.165) is 37.0 Å². The second kappa shape index (κ2) is 8.10. The first-order valence-corrected chi connectivity index (χ1v) is 11.2. The van der Waals surface area contributed by atoms with Crippen LogP contribution in [0.15, 0.2) is 40.8 Å². The summed E-state index contributed by atoms with van der Waals surface area (Å²) in [5.74, 6) is 1.39. The van der Waals surface area contributed by atoms with Crippen molar-refractivity contribution in [1.29, 1.82) is 0 Å². The molecule has 0 atom stereocenters. The Balaban J connectivity index is 1.41. The quantitative estimate of drug-likeness (QED) is 0.625. The van der Waals surface area contributed by atoms with Gasteiger partial charge >= 0.3 is 0 Å². The van der Waals surface area contributed by atoms with Gasteiger partial charge in [0.25, 0.3) is 5.56 Å². The number of hydrogen-bond acceptors (Lipinski definition) is 6. The maximum Gasteiger partial charge on any atom is 0.262 e. The Morgan fingerprint density at radius 2 is 2.00 bits per heavy atom. The highest BCUT2D eigenvalue weighted by atomic mass is 32.1. The number of benzene rings is 1. The second-order valence-electron chi connectivity index (χ2n) is 7.82. The van der Waals surface area contributed by atoms with E-state index in [2.05, 4.69) is 4.98 Å². The van der Waals surface area contributed by atoms with E-state index in [1.165, 1.54) is 28.7 Å². The van der Waals surface area contributed by atoms with Crippen molar-refractivity contribution in [2.75, 3.05) is 6.79 Å². The molecule has 1 saturated carbocycles. The summed E-state index contributed by atoms with van der Waals surface area (Å²) in [6.07, 6.45) is 6.93. The standard InChI is InChI=1S/C22H23N3O4S/c26-20(12-24-13-23-21-17(22(24)27)8-9-30-21)25(16-4-2-1-3-5-16)11-15-6-7-18-19(10-15)29-14-28-18/h6-10,13,16H,1-5,11-12,14H2. The average molecular weight is 426 g/mol. The van der Waals surface area contributed by atoms with Gasteiger partial charge in [0, 0.05) is 12.6 Å². The zero-order valence-electron chi connectivity index (χ0n) is 16.6. The summed E-state index contributed by atoms with van der Waals surface area (Å²) in [4.78, 5) is 33.1. The minimum Gasteiger partial charge on any atom is -0.454 e. The zero-order chi connectivity index (χ0) is 20.5. The van der Waals surface area contributed by atoms with Crippen molar-refractivity contribution in [3.05, 3.63) is 51.9 Å². The first-order valence-electron chi connectivity index (χ1n) is 10.3. The Hall–Kier alpha value is -2.87. The van der Waals surface area contributed by atoms with Gasteiger partial charge in [0.05, 0.1) is 11.7 Å². The lowest BCUT2D eigenvalue weighted by molar-refractivity contribution is -0.135. The molecular weight excluding hydrogens is 402 g/mol. The van der Waals surface area contributed by atoms with Crippen molar-refractivity contribution < 1.29 is 14.3 Å². The van der Waals surface area contributed by atoms with Gasteiger partial charge in [-0.15, -0.1) is 11.3 Å². The molecule has 0 N–H and O–H groups in total. The predicted molar refractivity (Wildman–Crippen MR) is 114 cm³/mol. The SMILES string of the molecule is O=C(Cn1cnc2sccc2c1=O)N(Cc1ccc2c(c1)OCO2)C1CCCCC1. The number of fused-ring (bicyclic) bond motifs is 2. The summed E-state index contributed by atoms with van der Waals surface area (Å²) < 4.78 is 12.3. The maximum absolute atomic E-state index is 13.4. The van der Waals surface area contributed by atoms with E-state index in [4.69, 9.17) is 9.47 Å². The van der Waals surface area contributed by atoms with Crippen molar-refractivity contribution in [2.45, 2.75) is 51.2 Å². The average Bonchev–Trinajstić information content (AvgIpc) is 3.44. The fraction of sp³-hybridized carbons (Fsp3) is 0.409. The predicted octanol–water partition coefficient (Wildman–Crippen LogP) is 3.55. The largest absolute Gasteiger partial charge is 0.454 e. The molecule has 7 nitrogen and oxygen atoms in total. The molecule has 3 aromatic rings. The molecule has 0 bridgehead atoms. The molecule has 2 aliphatic rings. The molecular formula is C22H23N3O4S. The van der Waals surface area contributed by atoms with Crippen molar-refractivity contribution in [2.24, 2.45) is 0 Å². The molecule has 0 unspecified atom stereocenters. The van der Waals surface area contributed by atoms with Crippen LogP contribution >= 0.6 is 11.3 Å². The first-order chi connectivity index (χ1) is 14.7. The van der Waals surface area contributed by atoms with Crippen LogP contribution in [0.25, 0.3) is 10.2 Å². The normalized spacial score (nSPS) is 16.1. The van der Waals surface area contributed by atoms with Gasteiger partial charge in [-0.2, -0.15) is 0 Å². The molecule has 0 spiro atoms. The number of carbonyl (C=O) groups is 1. The summed E-state index contributed by atoms with van der Waals surface area (Å²) in [5.41, 5.74) is 0.832. The number of rotatable bonds is 5. The van der Waals surface area contributed by atoms with E-state index in [1.54, 1.807) is 6.07 Å². The monoisotopic (exact) mass is 425 g/mol. The summed E-state index contributed by atoms with van der Waals surface area (Å²) in [6.45, 7) is 0.715. The van der Waals surface area contributed by atoms with Gasteiger partial charge in [-0.1, -0.05) is 25.3 Å². The van der Waals surface area contributed by atoms with E-state index in [9.17, 15) is 9.59 Å². The van der Waals surface area contributed by atoms with Crippen LogP contribution in [-0.4, -0.2) is 33.2 Å². The van der Waals surface area contributed by atoms with E-state index < -0.39 is 0 Å². The van der Waals surface area contributed by atoms with Gasteiger partial charge in [0.15, 0.2) is 11.5 Å². The van der Waals surface area contributed by atoms with Crippen molar-refractivity contribution in [3.8, 4) is 11.5 Å². The highest BCUT2D eigenvalue weighted by Gasteiger charge is 2.27. The van der Waals surface area contributed by atoms with Gasteiger partial charge in [-0.25, -0.2) is 4.98 Å². The number of aromatic nitrogens is 2. The van der Waals surface area contributed by atoms with E-state index in [0.29, 0.717) is 22.5 Å². The second-order valence-corrected chi connectivity index (χ2v) is 8.71. The third-order valence-corrected chi connectivity index (χ3v) is 6.70. The van der Waals surface area contributed by atoms with Crippen LogP contribution < -0.4 is 15.0 Å². The highest BCUT2D eigenvalue weighted by Crippen LogP contribution is 2.33. The highest BCUT2D eigenvalue weighted by molar-refractivity contribution is 7.16. The number of carbonyl (C=O) groups excluding carboxylic acids is 1. The molecule has 0 radical (unpaired) electrons. The number of nitrogens with zero attached hydrogens (tertiary/aromatic N) is 3. The summed E-state index contributed by atoms with van der Waals surface area (Å²) >= 11 is 1.43. The van der Waals surface area contributed by atoms with Crippen LogP contribution in [0.2, 0.25) is 0 Å². The number of hydrogen-bond donors (Lipinski definition) is 0. The van der Waals surface area contributed by atoms with Gasteiger partial charge < -0.3 is 14.4 Å². The molecule has 5 rings (SSSR count). The van der Waals surface area contributed by atoms with E-state index in [1.807, 2.05) is 28.5 Å². The van der Waals surface area contributed by atoms with Crippen molar-refractivity contribution in [1.82, 2.24) is 14.5 Å². The Labute approximate surface area is 177 Å². The Bertz CT molecular complexity index is 1130. The molecule has 156 valence electrons. The lowest BCUT2D eigenvalue weighted by Gasteiger charge is -2.34. The Kier molecular flexibility index (Phi) is 5.16. The molecule has 3 heterocycles. The first kappa shape index (κ1) is 19.1. The van der Waals surface area contributed by atoms with Crippen LogP contribution in [0.3, 0.4) is 0 Å². The molecule has 2 aromatic heterocycles. The minimum absolute atomic E-state index is 0.00132. The Morgan fingerprint density at radius 3 is 2.87 bits per heavy atom. The minimum atomic E-state index is -0.165. The molecule has 1 amide bonds. The van der Waals surface area contributed by atoms with Gasteiger partial charge in [-0.05, 0) is 42.0 Å². The lowest BCUT2D eigenvalue weighted by Crippen LogP contribution is -2.43.